The van der Waals surface area contributed by atoms with Crippen molar-refractivity contribution in [3.63, 3.8) is 0 Å². The molecule has 0 saturated carbocycles. The summed E-state index contributed by atoms with van der Waals surface area (Å²) in [4.78, 5) is 8.89. The smallest absolute Gasteiger partial charge is 0.161 e. The van der Waals surface area contributed by atoms with Gasteiger partial charge in [-0.3, -0.25) is 4.98 Å². The number of aromatic nitrogens is 2. The maximum Gasteiger partial charge on any atom is 0.161 e. The molecule has 0 aliphatic rings. The SMILES string of the molecule is COc1ccc(-c2cncc(-c3ccc(O)c(OC)c3)n2)cc1. The molecule has 1 aromatic heterocycles. The van der Waals surface area contributed by atoms with E-state index >= 15 is 0 Å². The molecule has 5 nitrogen and oxygen atoms in total. The maximum absolute atomic E-state index is 9.69. The molecule has 116 valence electrons. The zero-order valence-corrected chi connectivity index (χ0v) is 12.9. The van der Waals surface area contributed by atoms with E-state index in [2.05, 4.69) is 9.97 Å². The number of nitrogens with zero attached hydrogens (tertiary/aromatic N) is 2. The molecule has 0 bridgehead atoms. The van der Waals surface area contributed by atoms with Crippen molar-refractivity contribution in [3.05, 3.63) is 54.9 Å². The predicted molar refractivity (Wildman–Crippen MR) is 87.7 cm³/mol. The minimum atomic E-state index is 0.0931. The molecule has 0 radical (unpaired) electrons. The molecule has 0 atom stereocenters. The lowest BCUT2D eigenvalue weighted by Gasteiger charge is -2.08. The first kappa shape index (κ1) is 14.8. The van der Waals surface area contributed by atoms with Crippen LogP contribution in [0.25, 0.3) is 22.5 Å². The number of aromatic hydroxyl groups is 1. The van der Waals surface area contributed by atoms with Gasteiger partial charge in [0.15, 0.2) is 11.5 Å². The van der Waals surface area contributed by atoms with Gasteiger partial charge >= 0.3 is 0 Å². The lowest BCUT2D eigenvalue weighted by atomic mass is 10.1. The molecule has 0 aliphatic carbocycles. The zero-order valence-electron chi connectivity index (χ0n) is 12.9. The Bertz CT molecular complexity index is 817. The lowest BCUT2D eigenvalue weighted by Crippen LogP contribution is -1.91. The van der Waals surface area contributed by atoms with Gasteiger partial charge in [0.2, 0.25) is 0 Å². The molecule has 23 heavy (non-hydrogen) atoms. The number of ether oxygens (including phenoxy) is 2. The second-order valence-electron chi connectivity index (χ2n) is 4.90. The number of hydrogen-bond acceptors (Lipinski definition) is 5. The van der Waals surface area contributed by atoms with Crippen LogP contribution in [-0.4, -0.2) is 29.3 Å². The molecule has 0 aliphatic heterocycles. The van der Waals surface area contributed by atoms with E-state index in [9.17, 15) is 5.11 Å². The minimum Gasteiger partial charge on any atom is -0.504 e. The van der Waals surface area contributed by atoms with Gasteiger partial charge in [0, 0.05) is 11.1 Å². The second kappa shape index (κ2) is 6.36. The average Bonchev–Trinajstić information content (AvgIpc) is 2.62. The van der Waals surface area contributed by atoms with Gasteiger partial charge in [0.05, 0.1) is 38.0 Å². The summed E-state index contributed by atoms with van der Waals surface area (Å²) >= 11 is 0. The first-order valence-corrected chi connectivity index (χ1v) is 7.05. The third-order valence-electron chi connectivity index (χ3n) is 3.50. The molecule has 0 unspecified atom stereocenters. The van der Waals surface area contributed by atoms with Gasteiger partial charge in [0.1, 0.15) is 5.75 Å². The van der Waals surface area contributed by atoms with Crippen molar-refractivity contribution in [1.29, 1.82) is 0 Å². The molecule has 2 aromatic carbocycles. The summed E-state index contributed by atoms with van der Waals surface area (Å²) in [5.74, 6) is 1.29. The van der Waals surface area contributed by atoms with Crippen LogP contribution in [0.15, 0.2) is 54.9 Å². The average molecular weight is 308 g/mol. The Morgan fingerprint density at radius 3 is 2.13 bits per heavy atom. The summed E-state index contributed by atoms with van der Waals surface area (Å²) < 4.78 is 10.3. The van der Waals surface area contributed by atoms with Crippen molar-refractivity contribution in [2.45, 2.75) is 0 Å². The second-order valence-corrected chi connectivity index (χ2v) is 4.90. The quantitative estimate of drug-likeness (QED) is 0.798. The molecule has 5 heteroatoms. The summed E-state index contributed by atoms with van der Waals surface area (Å²) in [5.41, 5.74) is 3.24. The van der Waals surface area contributed by atoms with E-state index in [-0.39, 0.29) is 5.75 Å². The predicted octanol–water partition coefficient (Wildman–Crippen LogP) is 3.53. The van der Waals surface area contributed by atoms with Crippen molar-refractivity contribution in [2.75, 3.05) is 14.2 Å². The first-order valence-electron chi connectivity index (χ1n) is 7.05. The van der Waals surface area contributed by atoms with Crippen LogP contribution in [0.4, 0.5) is 0 Å². The molecular formula is C18H16N2O3. The summed E-state index contributed by atoms with van der Waals surface area (Å²) in [5, 5.41) is 9.69. The van der Waals surface area contributed by atoms with Crippen LogP contribution in [0.1, 0.15) is 0 Å². The molecular weight excluding hydrogens is 292 g/mol. The number of hydrogen-bond donors (Lipinski definition) is 1. The van der Waals surface area contributed by atoms with E-state index in [1.807, 2.05) is 24.3 Å². The summed E-state index contributed by atoms with van der Waals surface area (Å²) in [7, 11) is 3.14. The molecule has 0 amide bonds. The normalized spacial score (nSPS) is 10.3. The van der Waals surface area contributed by atoms with E-state index in [0.29, 0.717) is 11.4 Å². The van der Waals surface area contributed by atoms with Gasteiger partial charge < -0.3 is 14.6 Å². The van der Waals surface area contributed by atoms with E-state index in [1.54, 1.807) is 37.7 Å². The van der Waals surface area contributed by atoms with Crippen LogP contribution in [-0.2, 0) is 0 Å². The number of phenolic OH excluding ortho intramolecular Hbond substituents is 1. The highest BCUT2D eigenvalue weighted by Gasteiger charge is 2.08. The summed E-state index contributed by atoms with van der Waals surface area (Å²) in [6.07, 6.45) is 3.39. The molecule has 0 spiro atoms. The van der Waals surface area contributed by atoms with E-state index < -0.39 is 0 Å². The fourth-order valence-corrected chi connectivity index (χ4v) is 2.24. The van der Waals surface area contributed by atoms with Crippen LogP contribution in [0, 0.1) is 0 Å². The van der Waals surface area contributed by atoms with Crippen LogP contribution in [0.3, 0.4) is 0 Å². The molecule has 1 N–H and O–H groups in total. The van der Waals surface area contributed by atoms with Gasteiger partial charge in [-0.25, -0.2) is 4.98 Å². The number of phenols is 1. The third kappa shape index (κ3) is 3.08. The van der Waals surface area contributed by atoms with Crippen molar-refractivity contribution >= 4 is 0 Å². The number of rotatable bonds is 4. The summed E-state index contributed by atoms with van der Waals surface area (Å²) in [6, 6.07) is 12.7. The maximum atomic E-state index is 9.69. The Kier molecular flexibility index (Phi) is 4.10. The number of benzene rings is 2. The molecule has 3 rings (SSSR count). The highest BCUT2D eigenvalue weighted by Crippen LogP contribution is 2.31. The Morgan fingerprint density at radius 1 is 0.826 bits per heavy atom. The Hall–Kier alpha value is -3.08. The van der Waals surface area contributed by atoms with Crippen LogP contribution in [0.2, 0.25) is 0 Å². The fraction of sp³-hybridized carbons (Fsp3) is 0.111. The van der Waals surface area contributed by atoms with Crippen LogP contribution < -0.4 is 9.47 Å². The van der Waals surface area contributed by atoms with E-state index in [0.717, 1.165) is 22.6 Å². The van der Waals surface area contributed by atoms with Crippen molar-refractivity contribution in [3.8, 4) is 39.8 Å². The Labute approximate surface area is 134 Å². The molecule has 1 heterocycles. The molecule has 0 saturated heterocycles. The topological polar surface area (TPSA) is 64.5 Å². The van der Waals surface area contributed by atoms with Gasteiger partial charge in [-0.05, 0) is 42.5 Å². The Balaban J connectivity index is 1.99. The molecule has 3 aromatic rings. The van der Waals surface area contributed by atoms with Crippen molar-refractivity contribution in [2.24, 2.45) is 0 Å². The van der Waals surface area contributed by atoms with Crippen molar-refractivity contribution < 1.29 is 14.6 Å². The Morgan fingerprint density at radius 2 is 1.48 bits per heavy atom. The highest BCUT2D eigenvalue weighted by atomic mass is 16.5. The van der Waals surface area contributed by atoms with Crippen molar-refractivity contribution in [1.82, 2.24) is 9.97 Å². The standard InChI is InChI=1S/C18H16N2O3/c1-22-14-6-3-12(4-7-14)15-10-19-11-16(20-15)13-5-8-17(21)18(9-13)23-2/h3-11,21H,1-2H3. The lowest BCUT2D eigenvalue weighted by molar-refractivity contribution is 0.373. The minimum absolute atomic E-state index is 0.0931. The van der Waals surface area contributed by atoms with E-state index in [1.165, 1.54) is 7.11 Å². The van der Waals surface area contributed by atoms with Gasteiger partial charge in [-0.15, -0.1) is 0 Å². The molecule has 0 fully saturated rings. The third-order valence-corrected chi connectivity index (χ3v) is 3.50. The van der Waals surface area contributed by atoms with Gasteiger partial charge in [-0.2, -0.15) is 0 Å². The first-order chi connectivity index (χ1) is 11.2. The van der Waals surface area contributed by atoms with E-state index in [4.69, 9.17) is 9.47 Å². The zero-order chi connectivity index (χ0) is 16.2. The summed E-state index contributed by atoms with van der Waals surface area (Å²) in [6.45, 7) is 0. The number of methoxy groups -OCH3 is 2. The van der Waals surface area contributed by atoms with Gasteiger partial charge in [-0.1, -0.05) is 0 Å². The fourth-order valence-electron chi connectivity index (χ4n) is 2.24. The van der Waals surface area contributed by atoms with Gasteiger partial charge in [0.25, 0.3) is 0 Å². The van der Waals surface area contributed by atoms with Crippen LogP contribution >= 0.6 is 0 Å². The highest BCUT2D eigenvalue weighted by molar-refractivity contribution is 5.67. The van der Waals surface area contributed by atoms with Crippen LogP contribution in [0.5, 0.6) is 17.2 Å². The monoisotopic (exact) mass is 308 g/mol. The largest absolute Gasteiger partial charge is 0.504 e.